The molecule has 3 rings (SSSR count). The molecule has 1 aliphatic heterocycles. The van der Waals surface area contributed by atoms with Crippen LogP contribution in [0, 0.1) is 0 Å². The second-order valence-electron chi connectivity index (χ2n) is 7.02. The minimum absolute atomic E-state index is 0.171. The molecule has 1 atom stereocenters. The summed E-state index contributed by atoms with van der Waals surface area (Å²) in [7, 11) is 3.47. The van der Waals surface area contributed by atoms with Crippen LogP contribution in [0.5, 0.6) is 5.75 Å². The first-order chi connectivity index (χ1) is 12.3. The van der Waals surface area contributed by atoms with Crippen molar-refractivity contribution in [1.82, 2.24) is 14.4 Å². The van der Waals surface area contributed by atoms with E-state index in [1.54, 1.807) is 12.0 Å². The van der Waals surface area contributed by atoms with Gasteiger partial charge in [-0.2, -0.15) is 0 Å². The molecule has 1 aromatic heterocycles. The van der Waals surface area contributed by atoms with Crippen molar-refractivity contribution < 1.29 is 14.3 Å². The van der Waals surface area contributed by atoms with Crippen LogP contribution in [0.25, 0.3) is 10.9 Å². The molecule has 0 bridgehead atoms. The van der Waals surface area contributed by atoms with Crippen LogP contribution in [-0.2, 0) is 11.8 Å². The van der Waals surface area contributed by atoms with Crippen molar-refractivity contribution in [1.29, 1.82) is 0 Å². The van der Waals surface area contributed by atoms with Crippen LogP contribution >= 0.6 is 0 Å². The predicted octanol–water partition coefficient (Wildman–Crippen LogP) is 1.21. The van der Waals surface area contributed by atoms with Crippen molar-refractivity contribution in [3.63, 3.8) is 0 Å². The summed E-state index contributed by atoms with van der Waals surface area (Å²) in [6, 6.07) is 7.21. The predicted molar refractivity (Wildman–Crippen MR) is 100 cm³/mol. The number of piperazine rings is 1. The SMILES string of the molecule is COc1ccc2c(c1)cc(C(=O)N1CCN(C(C)C)CC1C(N)=O)n2C. The van der Waals surface area contributed by atoms with Crippen molar-refractivity contribution in [3.8, 4) is 5.75 Å². The first-order valence-corrected chi connectivity index (χ1v) is 8.81. The molecule has 1 aliphatic rings. The zero-order chi connectivity index (χ0) is 19.0. The lowest BCUT2D eigenvalue weighted by Crippen LogP contribution is -2.61. The highest BCUT2D eigenvalue weighted by Crippen LogP contribution is 2.25. The van der Waals surface area contributed by atoms with Gasteiger partial charge < -0.3 is 19.9 Å². The van der Waals surface area contributed by atoms with E-state index < -0.39 is 11.9 Å². The molecule has 140 valence electrons. The van der Waals surface area contributed by atoms with E-state index in [2.05, 4.69) is 18.7 Å². The quantitative estimate of drug-likeness (QED) is 0.891. The average molecular weight is 358 g/mol. The van der Waals surface area contributed by atoms with Gasteiger partial charge in [-0.1, -0.05) is 0 Å². The summed E-state index contributed by atoms with van der Waals surface area (Å²) in [5.41, 5.74) is 7.08. The lowest BCUT2D eigenvalue weighted by molar-refractivity contribution is -0.124. The van der Waals surface area contributed by atoms with Crippen molar-refractivity contribution in [3.05, 3.63) is 30.0 Å². The molecule has 1 fully saturated rings. The van der Waals surface area contributed by atoms with Gasteiger partial charge in [-0.05, 0) is 38.1 Å². The van der Waals surface area contributed by atoms with E-state index in [1.807, 2.05) is 35.9 Å². The number of aryl methyl sites for hydroxylation is 1. The zero-order valence-corrected chi connectivity index (χ0v) is 15.7. The molecular weight excluding hydrogens is 332 g/mol. The number of carbonyl (C=O) groups excluding carboxylic acids is 2. The maximum atomic E-state index is 13.2. The van der Waals surface area contributed by atoms with Gasteiger partial charge in [-0.3, -0.25) is 14.5 Å². The first-order valence-electron chi connectivity index (χ1n) is 8.81. The van der Waals surface area contributed by atoms with E-state index in [0.29, 0.717) is 24.8 Å². The van der Waals surface area contributed by atoms with Gasteiger partial charge >= 0.3 is 0 Å². The molecule has 7 nitrogen and oxygen atoms in total. The monoisotopic (exact) mass is 358 g/mol. The largest absolute Gasteiger partial charge is 0.497 e. The fraction of sp³-hybridized carbons (Fsp3) is 0.474. The van der Waals surface area contributed by atoms with Gasteiger partial charge in [0.2, 0.25) is 5.91 Å². The topological polar surface area (TPSA) is 80.8 Å². The number of ether oxygens (including phenoxy) is 1. The molecule has 7 heteroatoms. The highest BCUT2D eigenvalue weighted by atomic mass is 16.5. The van der Waals surface area contributed by atoms with E-state index in [1.165, 1.54) is 0 Å². The fourth-order valence-corrected chi connectivity index (χ4v) is 3.57. The van der Waals surface area contributed by atoms with Gasteiger partial charge in [0.25, 0.3) is 5.91 Å². The van der Waals surface area contributed by atoms with Crippen molar-refractivity contribution in [2.75, 3.05) is 26.7 Å². The van der Waals surface area contributed by atoms with Gasteiger partial charge in [-0.15, -0.1) is 0 Å². The van der Waals surface area contributed by atoms with Crippen LogP contribution in [0.1, 0.15) is 24.3 Å². The molecule has 0 aliphatic carbocycles. The van der Waals surface area contributed by atoms with Crippen LogP contribution in [-0.4, -0.2) is 65.0 Å². The molecule has 1 saturated heterocycles. The molecule has 2 heterocycles. The number of methoxy groups -OCH3 is 1. The van der Waals surface area contributed by atoms with Crippen molar-refractivity contribution in [2.45, 2.75) is 25.9 Å². The first kappa shape index (κ1) is 18.3. The number of hydrogen-bond acceptors (Lipinski definition) is 4. The Morgan fingerprint density at radius 2 is 1.96 bits per heavy atom. The highest BCUT2D eigenvalue weighted by Gasteiger charge is 2.36. The van der Waals surface area contributed by atoms with Crippen molar-refractivity contribution >= 4 is 22.7 Å². The molecular formula is C19H26N4O3. The number of benzene rings is 1. The molecule has 0 spiro atoms. The average Bonchev–Trinajstić information content (AvgIpc) is 2.96. The second kappa shape index (κ2) is 6.99. The standard InChI is InChI=1S/C19H26N4O3/c1-12(2)22-7-8-23(17(11-22)18(20)24)19(25)16-10-13-9-14(26-4)5-6-15(13)21(16)3/h5-6,9-10,12,17H,7-8,11H2,1-4H3,(H2,20,24). The summed E-state index contributed by atoms with van der Waals surface area (Å²) >= 11 is 0. The van der Waals surface area contributed by atoms with E-state index in [9.17, 15) is 9.59 Å². The summed E-state index contributed by atoms with van der Waals surface area (Å²) in [6.07, 6.45) is 0. The third kappa shape index (κ3) is 3.14. The summed E-state index contributed by atoms with van der Waals surface area (Å²) in [5.74, 6) is 0.0988. The third-order valence-electron chi connectivity index (χ3n) is 5.20. The number of aromatic nitrogens is 1. The Morgan fingerprint density at radius 3 is 2.58 bits per heavy atom. The number of amides is 2. The molecule has 0 radical (unpaired) electrons. The normalized spacial score (nSPS) is 18.5. The minimum Gasteiger partial charge on any atom is -0.497 e. The molecule has 2 aromatic rings. The molecule has 26 heavy (non-hydrogen) atoms. The van der Waals surface area contributed by atoms with Gasteiger partial charge in [0.15, 0.2) is 0 Å². The van der Waals surface area contributed by atoms with Crippen LogP contribution in [0.2, 0.25) is 0 Å². The van der Waals surface area contributed by atoms with Crippen LogP contribution < -0.4 is 10.5 Å². The van der Waals surface area contributed by atoms with Crippen LogP contribution in [0.4, 0.5) is 0 Å². The Bertz CT molecular complexity index is 843. The smallest absolute Gasteiger partial charge is 0.271 e. The summed E-state index contributed by atoms with van der Waals surface area (Å²) in [4.78, 5) is 28.9. The Kier molecular flexibility index (Phi) is 4.91. The summed E-state index contributed by atoms with van der Waals surface area (Å²) < 4.78 is 7.11. The molecule has 0 saturated carbocycles. The fourth-order valence-electron chi connectivity index (χ4n) is 3.57. The van der Waals surface area contributed by atoms with Gasteiger partial charge in [0.05, 0.1) is 7.11 Å². The van der Waals surface area contributed by atoms with E-state index in [4.69, 9.17) is 10.5 Å². The van der Waals surface area contributed by atoms with Crippen LogP contribution in [0.3, 0.4) is 0 Å². The number of nitrogens with zero attached hydrogens (tertiary/aromatic N) is 3. The maximum absolute atomic E-state index is 13.2. The highest BCUT2D eigenvalue weighted by molar-refractivity contribution is 6.01. The number of fused-ring (bicyclic) bond motifs is 1. The number of nitrogens with two attached hydrogens (primary N) is 1. The summed E-state index contributed by atoms with van der Waals surface area (Å²) in [5, 5.41) is 0.923. The lowest BCUT2D eigenvalue weighted by Gasteiger charge is -2.41. The number of hydrogen-bond donors (Lipinski definition) is 1. The number of rotatable bonds is 4. The molecule has 1 unspecified atom stereocenters. The third-order valence-corrected chi connectivity index (χ3v) is 5.20. The molecule has 1 aromatic carbocycles. The van der Waals surface area contributed by atoms with Crippen LogP contribution in [0.15, 0.2) is 24.3 Å². The number of primary amides is 1. The maximum Gasteiger partial charge on any atom is 0.271 e. The van der Waals surface area contributed by atoms with Crippen molar-refractivity contribution in [2.24, 2.45) is 12.8 Å². The Hall–Kier alpha value is -2.54. The van der Waals surface area contributed by atoms with Gasteiger partial charge in [0, 0.05) is 43.6 Å². The number of carbonyl (C=O) groups is 2. The van der Waals surface area contributed by atoms with E-state index in [-0.39, 0.29) is 5.91 Å². The minimum atomic E-state index is -0.619. The second-order valence-corrected chi connectivity index (χ2v) is 7.02. The Balaban J connectivity index is 1.94. The molecule has 2 amide bonds. The van der Waals surface area contributed by atoms with E-state index in [0.717, 1.165) is 23.2 Å². The molecule has 2 N–H and O–H groups in total. The Labute approximate surface area is 153 Å². The zero-order valence-electron chi connectivity index (χ0n) is 15.7. The van der Waals surface area contributed by atoms with Gasteiger partial charge in [0.1, 0.15) is 17.5 Å². The van der Waals surface area contributed by atoms with E-state index >= 15 is 0 Å². The lowest BCUT2D eigenvalue weighted by atomic mass is 10.1. The Morgan fingerprint density at radius 1 is 1.23 bits per heavy atom. The van der Waals surface area contributed by atoms with Gasteiger partial charge in [-0.25, -0.2) is 0 Å². The summed E-state index contributed by atoms with van der Waals surface area (Å²) in [6.45, 7) is 5.83.